The second kappa shape index (κ2) is 12.4. The second-order valence-electron chi connectivity index (χ2n) is 8.54. The van der Waals surface area contributed by atoms with Crippen LogP contribution in [-0.4, -0.2) is 44.5 Å². The summed E-state index contributed by atoms with van der Waals surface area (Å²) in [6, 6.07) is 17.2. The van der Waals surface area contributed by atoms with E-state index in [0.717, 1.165) is 4.90 Å². The van der Waals surface area contributed by atoms with Crippen LogP contribution in [0.1, 0.15) is 34.1 Å². The van der Waals surface area contributed by atoms with Crippen LogP contribution < -0.4 is 25.0 Å². The molecular weight excluding hydrogens is 538 g/mol. The number of amides is 3. The Hall–Kier alpha value is -4.83. The Morgan fingerprint density at radius 1 is 0.875 bits per heavy atom. The van der Waals surface area contributed by atoms with E-state index in [9.17, 15) is 19.2 Å². The van der Waals surface area contributed by atoms with Crippen molar-refractivity contribution in [3.63, 3.8) is 0 Å². The molecule has 3 aromatic carbocycles. The molecule has 0 radical (unpaired) electrons. The molecule has 3 aromatic rings. The zero-order valence-corrected chi connectivity index (χ0v) is 22.7. The number of esters is 1. The molecule has 4 rings (SSSR count). The molecule has 1 aliphatic heterocycles. The smallest absolute Gasteiger partial charge is 0.338 e. The Morgan fingerprint density at radius 3 is 2.17 bits per heavy atom. The fourth-order valence-electron chi connectivity index (χ4n) is 3.82. The third-order valence-corrected chi connectivity index (χ3v) is 6.25. The zero-order chi connectivity index (χ0) is 28.8. The molecule has 3 amide bonds. The number of nitrogens with zero attached hydrogens (tertiary/aromatic N) is 1. The van der Waals surface area contributed by atoms with Crippen LogP contribution in [-0.2, 0) is 14.3 Å². The molecule has 0 saturated carbocycles. The third kappa shape index (κ3) is 5.92. The van der Waals surface area contributed by atoms with Crippen molar-refractivity contribution in [2.45, 2.75) is 13.3 Å². The molecular formula is C29H26ClN3O7. The third-order valence-electron chi connectivity index (χ3n) is 5.90. The molecule has 0 unspecified atom stereocenters. The minimum Gasteiger partial charge on any atom is -0.497 e. The highest BCUT2D eigenvalue weighted by Gasteiger charge is 2.39. The maximum absolute atomic E-state index is 13.1. The fraction of sp³-hybridized carbons (Fsp3) is 0.172. The van der Waals surface area contributed by atoms with Crippen molar-refractivity contribution in [3.8, 4) is 11.5 Å². The topological polar surface area (TPSA) is 123 Å². The van der Waals surface area contributed by atoms with Gasteiger partial charge in [-0.25, -0.2) is 9.69 Å². The summed E-state index contributed by atoms with van der Waals surface area (Å²) in [6.45, 7) is 2.18. The molecule has 0 spiro atoms. The average molecular weight is 564 g/mol. The van der Waals surface area contributed by atoms with Crippen molar-refractivity contribution < 1.29 is 33.4 Å². The number of hydrogen-bond acceptors (Lipinski definition) is 8. The molecule has 0 saturated heterocycles. The van der Waals surface area contributed by atoms with E-state index in [4.69, 9.17) is 25.8 Å². The van der Waals surface area contributed by atoms with Gasteiger partial charge in [-0.1, -0.05) is 18.5 Å². The van der Waals surface area contributed by atoms with Crippen LogP contribution >= 0.6 is 11.6 Å². The molecule has 0 fully saturated rings. The Balaban J connectivity index is 1.44. The summed E-state index contributed by atoms with van der Waals surface area (Å²) in [5.74, 6) is -1.23. The summed E-state index contributed by atoms with van der Waals surface area (Å²) in [6.07, 6.45) is 0.690. The van der Waals surface area contributed by atoms with Gasteiger partial charge in [-0.15, -0.1) is 0 Å². The van der Waals surface area contributed by atoms with E-state index in [0.29, 0.717) is 47.0 Å². The number of methoxy groups -OCH3 is 2. The molecule has 206 valence electrons. The second-order valence-corrected chi connectivity index (χ2v) is 8.92. The van der Waals surface area contributed by atoms with Crippen molar-refractivity contribution >= 4 is 52.4 Å². The van der Waals surface area contributed by atoms with Gasteiger partial charge in [-0.05, 0) is 67.1 Å². The first-order valence-electron chi connectivity index (χ1n) is 12.2. The zero-order valence-electron chi connectivity index (χ0n) is 21.9. The fourth-order valence-corrected chi connectivity index (χ4v) is 4.03. The number of ether oxygens (including phenoxy) is 3. The van der Waals surface area contributed by atoms with Crippen LogP contribution in [0.25, 0.3) is 0 Å². The average Bonchev–Trinajstić information content (AvgIpc) is 3.19. The lowest BCUT2D eigenvalue weighted by atomic mass is 10.1. The predicted molar refractivity (Wildman–Crippen MR) is 150 cm³/mol. The number of benzene rings is 3. The number of rotatable bonds is 10. The van der Waals surface area contributed by atoms with Gasteiger partial charge in [0.1, 0.15) is 22.2 Å². The first-order chi connectivity index (χ1) is 19.3. The Kier molecular flexibility index (Phi) is 8.70. The van der Waals surface area contributed by atoms with Crippen molar-refractivity contribution in [3.05, 3.63) is 88.6 Å². The molecule has 10 nitrogen and oxygen atoms in total. The van der Waals surface area contributed by atoms with Gasteiger partial charge in [-0.3, -0.25) is 14.4 Å². The molecule has 40 heavy (non-hydrogen) atoms. The van der Waals surface area contributed by atoms with Crippen molar-refractivity contribution in [2.24, 2.45) is 0 Å². The van der Waals surface area contributed by atoms with Gasteiger partial charge in [-0.2, -0.15) is 0 Å². The normalized spacial score (nSPS) is 12.8. The highest BCUT2D eigenvalue weighted by molar-refractivity contribution is 6.53. The standard InChI is InChI=1S/C29H26ClN3O7/c1-4-15-40-29(37)18-7-11-20(12-8-18)33-27(35)24(30)25(28(33)36)31-19-9-5-17(6-10-19)26(34)32-22-14-13-21(38-2)16-23(22)39-3/h5-14,16,31H,4,15H2,1-3H3,(H,32,34). The van der Waals surface area contributed by atoms with E-state index in [-0.39, 0.29) is 22.3 Å². The van der Waals surface area contributed by atoms with E-state index >= 15 is 0 Å². The van der Waals surface area contributed by atoms with E-state index in [2.05, 4.69) is 10.6 Å². The molecule has 2 N–H and O–H groups in total. The number of carbonyl (C=O) groups excluding carboxylic acids is 4. The summed E-state index contributed by atoms with van der Waals surface area (Å²) in [5.41, 5.74) is 1.67. The Bertz CT molecular complexity index is 1480. The summed E-state index contributed by atoms with van der Waals surface area (Å²) in [4.78, 5) is 51.6. The highest BCUT2D eigenvalue weighted by atomic mass is 35.5. The molecule has 0 aliphatic carbocycles. The number of halogens is 1. The summed E-state index contributed by atoms with van der Waals surface area (Å²) < 4.78 is 15.6. The monoisotopic (exact) mass is 563 g/mol. The number of imide groups is 1. The van der Waals surface area contributed by atoms with Gasteiger partial charge in [0.15, 0.2) is 0 Å². The van der Waals surface area contributed by atoms with Crippen LogP contribution in [0, 0.1) is 0 Å². The molecule has 0 aromatic heterocycles. The van der Waals surface area contributed by atoms with E-state index in [1.54, 1.807) is 42.5 Å². The lowest BCUT2D eigenvalue weighted by Gasteiger charge is -2.15. The van der Waals surface area contributed by atoms with E-state index in [1.165, 1.54) is 38.5 Å². The number of carbonyl (C=O) groups is 4. The van der Waals surface area contributed by atoms with Gasteiger partial charge in [0.25, 0.3) is 17.7 Å². The number of nitrogens with one attached hydrogen (secondary N) is 2. The van der Waals surface area contributed by atoms with Crippen molar-refractivity contribution in [1.29, 1.82) is 0 Å². The minimum absolute atomic E-state index is 0.113. The van der Waals surface area contributed by atoms with Gasteiger partial charge >= 0.3 is 5.97 Å². The first-order valence-corrected chi connectivity index (χ1v) is 12.6. The predicted octanol–water partition coefficient (Wildman–Crippen LogP) is 4.96. The first kappa shape index (κ1) is 28.2. The number of hydrogen-bond donors (Lipinski definition) is 2. The molecule has 0 bridgehead atoms. The summed E-state index contributed by atoms with van der Waals surface area (Å²) >= 11 is 6.23. The Labute approximate surface area is 235 Å². The van der Waals surface area contributed by atoms with Crippen molar-refractivity contribution in [1.82, 2.24) is 0 Å². The lowest BCUT2D eigenvalue weighted by molar-refractivity contribution is -0.120. The number of anilines is 3. The SMILES string of the molecule is CCCOC(=O)c1ccc(N2C(=O)C(Cl)=C(Nc3ccc(C(=O)Nc4ccc(OC)cc4OC)cc3)C2=O)cc1. The lowest BCUT2D eigenvalue weighted by Crippen LogP contribution is -2.32. The van der Waals surface area contributed by atoms with E-state index < -0.39 is 17.8 Å². The van der Waals surface area contributed by atoms with Gasteiger partial charge in [0, 0.05) is 17.3 Å². The van der Waals surface area contributed by atoms with Crippen LogP contribution in [0.2, 0.25) is 0 Å². The minimum atomic E-state index is -0.708. The largest absolute Gasteiger partial charge is 0.497 e. The molecule has 1 aliphatic rings. The maximum atomic E-state index is 13.1. The van der Waals surface area contributed by atoms with Gasteiger partial charge in [0.05, 0.1) is 37.8 Å². The van der Waals surface area contributed by atoms with Crippen LogP contribution in [0.5, 0.6) is 11.5 Å². The van der Waals surface area contributed by atoms with Gasteiger partial charge < -0.3 is 24.8 Å². The quantitative estimate of drug-likeness (QED) is 0.262. The van der Waals surface area contributed by atoms with Crippen molar-refractivity contribution in [2.75, 3.05) is 36.4 Å². The molecule has 11 heteroatoms. The van der Waals surface area contributed by atoms with Crippen LogP contribution in [0.4, 0.5) is 17.1 Å². The summed E-state index contributed by atoms with van der Waals surface area (Å²) in [7, 11) is 3.02. The highest BCUT2D eigenvalue weighted by Crippen LogP contribution is 2.31. The Morgan fingerprint density at radius 2 is 1.55 bits per heavy atom. The van der Waals surface area contributed by atoms with Gasteiger partial charge in [0.2, 0.25) is 0 Å². The van der Waals surface area contributed by atoms with E-state index in [1.807, 2.05) is 6.92 Å². The summed E-state index contributed by atoms with van der Waals surface area (Å²) in [5, 5.41) is 5.36. The molecule has 0 atom stereocenters. The molecule has 1 heterocycles. The maximum Gasteiger partial charge on any atom is 0.338 e. The van der Waals surface area contributed by atoms with Crippen LogP contribution in [0.15, 0.2) is 77.5 Å². The van der Waals surface area contributed by atoms with Crippen LogP contribution in [0.3, 0.4) is 0 Å².